The van der Waals surface area contributed by atoms with Crippen molar-refractivity contribution in [2.45, 2.75) is 13.8 Å². The Morgan fingerprint density at radius 1 is 1.11 bits per heavy atom. The van der Waals surface area contributed by atoms with Gasteiger partial charge in [0.1, 0.15) is 12.0 Å². The summed E-state index contributed by atoms with van der Waals surface area (Å²) in [6.07, 6.45) is 1.67. The van der Waals surface area contributed by atoms with Crippen molar-refractivity contribution < 1.29 is 4.42 Å². The van der Waals surface area contributed by atoms with E-state index in [4.69, 9.17) is 4.42 Å². The van der Waals surface area contributed by atoms with Gasteiger partial charge in [0.05, 0.1) is 5.69 Å². The van der Waals surface area contributed by atoms with E-state index in [0.29, 0.717) is 5.89 Å². The van der Waals surface area contributed by atoms with Crippen molar-refractivity contribution in [2.24, 2.45) is 0 Å². The summed E-state index contributed by atoms with van der Waals surface area (Å²) in [4.78, 5) is 10.2. The molecule has 2 aromatic heterocycles. The normalized spacial score (nSPS) is 10.9. The van der Waals surface area contributed by atoms with E-state index < -0.39 is 0 Å². The fraction of sp³-hybridized carbons (Fsp3) is 0.143. The van der Waals surface area contributed by atoms with Crippen LogP contribution in [0, 0.1) is 13.8 Å². The number of thiazole rings is 1. The molecule has 0 saturated heterocycles. The number of nitrogens with zero attached hydrogens (tertiary/aromatic N) is 2. The number of benzene rings is 1. The van der Waals surface area contributed by atoms with Gasteiger partial charge in [0.2, 0.25) is 0 Å². The third-order valence-electron chi connectivity index (χ3n) is 2.86. The van der Waals surface area contributed by atoms with E-state index in [0.717, 1.165) is 26.4 Å². The van der Waals surface area contributed by atoms with Crippen LogP contribution >= 0.6 is 27.3 Å². The van der Waals surface area contributed by atoms with Crippen molar-refractivity contribution in [3.05, 3.63) is 45.6 Å². The predicted octanol–water partition coefficient (Wildman–Crippen LogP) is 4.84. The molecule has 3 nitrogen and oxygen atoms in total. The molecule has 0 amide bonds. The lowest BCUT2D eigenvalue weighted by molar-refractivity contribution is 0.574. The van der Waals surface area contributed by atoms with Gasteiger partial charge in [-0.25, -0.2) is 9.97 Å². The lowest BCUT2D eigenvalue weighted by Crippen LogP contribution is -1.79. The molecule has 3 aromatic rings. The lowest BCUT2D eigenvalue weighted by Gasteiger charge is -1.94. The number of hydrogen-bond acceptors (Lipinski definition) is 4. The molecule has 96 valence electrons. The molecule has 1 aromatic carbocycles. The number of oxazole rings is 1. The molecule has 5 heteroatoms. The van der Waals surface area contributed by atoms with Gasteiger partial charge in [0.25, 0.3) is 5.89 Å². The summed E-state index contributed by atoms with van der Waals surface area (Å²) < 4.78 is 6.58. The van der Waals surface area contributed by atoms with Crippen LogP contribution in [-0.4, -0.2) is 9.97 Å². The third kappa shape index (κ3) is 2.48. The average Bonchev–Trinajstić information content (AvgIpc) is 2.99. The van der Waals surface area contributed by atoms with Gasteiger partial charge in [0.15, 0.2) is 5.01 Å². The lowest BCUT2D eigenvalue weighted by atomic mass is 10.2. The highest BCUT2D eigenvalue weighted by Crippen LogP contribution is 2.29. The van der Waals surface area contributed by atoms with Crippen LogP contribution in [0.3, 0.4) is 0 Å². The zero-order valence-electron chi connectivity index (χ0n) is 10.5. The van der Waals surface area contributed by atoms with E-state index in [2.05, 4.69) is 32.8 Å². The first kappa shape index (κ1) is 12.6. The maximum Gasteiger partial charge on any atom is 0.256 e. The first-order valence-corrected chi connectivity index (χ1v) is 7.40. The Hall–Kier alpha value is -1.46. The Kier molecular flexibility index (Phi) is 3.24. The van der Waals surface area contributed by atoms with E-state index in [1.54, 1.807) is 17.6 Å². The van der Waals surface area contributed by atoms with Crippen LogP contribution in [0.4, 0.5) is 0 Å². The molecule has 0 aliphatic rings. The molecule has 0 aliphatic heterocycles. The van der Waals surface area contributed by atoms with E-state index in [9.17, 15) is 0 Å². The highest BCUT2D eigenvalue weighted by Gasteiger charge is 2.13. The molecule has 0 fully saturated rings. The molecule has 3 rings (SSSR count). The Balaban J connectivity index is 1.97. The molecule has 0 aliphatic carbocycles. The van der Waals surface area contributed by atoms with Crippen molar-refractivity contribution >= 4 is 27.3 Å². The van der Waals surface area contributed by atoms with Crippen molar-refractivity contribution in [3.8, 4) is 22.2 Å². The minimum absolute atomic E-state index is 0.583. The number of hydrogen-bond donors (Lipinski definition) is 0. The number of rotatable bonds is 2. The molecule has 0 saturated carbocycles. The van der Waals surface area contributed by atoms with Gasteiger partial charge in [-0.05, 0) is 26.0 Å². The largest absolute Gasteiger partial charge is 0.442 e. The Morgan fingerprint density at radius 2 is 1.84 bits per heavy atom. The van der Waals surface area contributed by atoms with Gasteiger partial charge >= 0.3 is 0 Å². The van der Waals surface area contributed by atoms with Crippen molar-refractivity contribution in [3.63, 3.8) is 0 Å². The Morgan fingerprint density at radius 3 is 2.47 bits per heavy atom. The minimum Gasteiger partial charge on any atom is -0.442 e. The molecule has 0 bridgehead atoms. The fourth-order valence-corrected chi connectivity index (χ4v) is 2.80. The first-order chi connectivity index (χ1) is 9.13. The zero-order chi connectivity index (χ0) is 13.4. The van der Waals surface area contributed by atoms with Gasteiger partial charge in [-0.1, -0.05) is 28.1 Å². The van der Waals surface area contributed by atoms with Gasteiger partial charge in [-0.2, -0.15) is 0 Å². The molecule has 0 spiro atoms. The van der Waals surface area contributed by atoms with Gasteiger partial charge in [-0.3, -0.25) is 0 Å². The van der Waals surface area contributed by atoms with Crippen LogP contribution in [0.25, 0.3) is 22.2 Å². The first-order valence-electron chi connectivity index (χ1n) is 5.79. The van der Waals surface area contributed by atoms with Crippen LogP contribution < -0.4 is 0 Å². The molecule has 0 unspecified atom stereocenters. The fourth-order valence-electron chi connectivity index (χ4n) is 1.69. The molecule has 0 atom stereocenters. The minimum atomic E-state index is 0.583. The summed E-state index contributed by atoms with van der Waals surface area (Å²) >= 11 is 5.02. The smallest absolute Gasteiger partial charge is 0.256 e. The number of halogens is 1. The highest BCUT2D eigenvalue weighted by molar-refractivity contribution is 9.10. The summed E-state index contributed by atoms with van der Waals surface area (Å²) in [6, 6.07) is 7.98. The molecular formula is C14H11BrN2OS. The SMILES string of the molecule is Cc1nc(-c2nc(-c3ccc(Br)cc3)co2)sc1C. The van der Waals surface area contributed by atoms with E-state index in [-0.39, 0.29) is 0 Å². The van der Waals surface area contributed by atoms with Gasteiger partial charge < -0.3 is 4.42 Å². The average molecular weight is 335 g/mol. The van der Waals surface area contributed by atoms with E-state index >= 15 is 0 Å². The standard InChI is InChI=1S/C14H11BrN2OS/c1-8-9(2)19-14(16-8)13-17-12(7-18-13)10-3-5-11(15)6-4-10/h3-7H,1-2H3. The van der Waals surface area contributed by atoms with Crippen LogP contribution in [0.15, 0.2) is 39.4 Å². The summed E-state index contributed by atoms with van der Waals surface area (Å²) in [5, 5.41) is 0.832. The molecular weight excluding hydrogens is 324 g/mol. The number of aromatic nitrogens is 2. The van der Waals surface area contributed by atoms with E-state index in [1.807, 2.05) is 31.2 Å². The topological polar surface area (TPSA) is 38.9 Å². The van der Waals surface area contributed by atoms with Crippen molar-refractivity contribution in [1.82, 2.24) is 9.97 Å². The second-order valence-corrected chi connectivity index (χ2v) is 6.32. The quantitative estimate of drug-likeness (QED) is 0.672. The zero-order valence-corrected chi connectivity index (χ0v) is 12.9. The maximum absolute atomic E-state index is 5.53. The molecule has 19 heavy (non-hydrogen) atoms. The summed E-state index contributed by atoms with van der Waals surface area (Å²) in [5.74, 6) is 0.583. The summed E-state index contributed by atoms with van der Waals surface area (Å²) in [6.45, 7) is 4.04. The molecule has 0 radical (unpaired) electrons. The molecule has 2 heterocycles. The Bertz CT molecular complexity index is 696. The second-order valence-electron chi connectivity index (χ2n) is 4.21. The second kappa shape index (κ2) is 4.90. The van der Waals surface area contributed by atoms with Gasteiger partial charge in [0, 0.05) is 14.9 Å². The monoisotopic (exact) mass is 334 g/mol. The van der Waals surface area contributed by atoms with Gasteiger partial charge in [-0.15, -0.1) is 11.3 Å². The maximum atomic E-state index is 5.53. The van der Waals surface area contributed by atoms with Crippen LogP contribution in [0.2, 0.25) is 0 Å². The van der Waals surface area contributed by atoms with Crippen molar-refractivity contribution in [2.75, 3.05) is 0 Å². The molecule has 0 N–H and O–H groups in total. The van der Waals surface area contributed by atoms with Crippen LogP contribution in [0.1, 0.15) is 10.6 Å². The van der Waals surface area contributed by atoms with Crippen molar-refractivity contribution in [1.29, 1.82) is 0 Å². The van der Waals surface area contributed by atoms with Crippen LogP contribution in [0.5, 0.6) is 0 Å². The van der Waals surface area contributed by atoms with Crippen LogP contribution in [-0.2, 0) is 0 Å². The third-order valence-corrected chi connectivity index (χ3v) is 4.45. The highest BCUT2D eigenvalue weighted by atomic mass is 79.9. The number of aryl methyl sites for hydroxylation is 2. The van der Waals surface area contributed by atoms with E-state index in [1.165, 1.54) is 4.88 Å². The predicted molar refractivity (Wildman–Crippen MR) is 80.2 cm³/mol. The summed E-state index contributed by atoms with van der Waals surface area (Å²) in [7, 11) is 0. The summed E-state index contributed by atoms with van der Waals surface area (Å²) in [5.41, 5.74) is 2.89. The Labute approximate surface area is 123 Å².